The molecule has 28 heavy (non-hydrogen) atoms. The summed E-state index contributed by atoms with van der Waals surface area (Å²) >= 11 is 0. The molecular weight excluding hydrogens is 386 g/mol. The molecule has 9 heteroatoms. The second-order valence-electron chi connectivity index (χ2n) is 5.94. The van der Waals surface area contributed by atoms with Gasteiger partial charge in [0.05, 0.1) is 23.7 Å². The Hall–Kier alpha value is -3.07. The highest BCUT2D eigenvalue weighted by atomic mass is 32.2. The fraction of sp³-hybridized carbons (Fsp3) is 0.263. The van der Waals surface area contributed by atoms with E-state index in [4.69, 9.17) is 14.2 Å². The summed E-state index contributed by atoms with van der Waals surface area (Å²) in [6.07, 6.45) is -0.611. The van der Waals surface area contributed by atoms with Crippen molar-refractivity contribution in [1.82, 2.24) is 0 Å². The zero-order valence-electron chi connectivity index (χ0n) is 15.1. The summed E-state index contributed by atoms with van der Waals surface area (Å²) in [5.74, 6) is -0.654. The van der Waals surface area contributed by atoms with E-state index in [1.54, 1.807) is 24.3 Å². The zero-order valence-corrected chi connectivity index (χ0v) is 15.9. The molecule has 0 unspecified atom stereocenters. The molecule has 0 bridgehead atoms. The van der Waals surface area contributed by atoms with E-state index in [0.29, 0.717) is 24.5 Å². The second-order valence-corrected chi connectivity index (χ2v) is 7.62. The molecule has 148 valence electrons. The summed E-state index contributed by atoms with van der Waals surface area (Å²) < 4.78 is 42.6. The first-order valence-corrected chi connectivity index (χ1v) is 10.1. The first-order valence-electron chi connectivity index (χ1n) is 8.62. The predicted molar refractivity (Wildman–Crippen MR) is 99.6 cm³/mol. The van der Waals surface area contributed by atoms with Crippen molar-refractivity contribution in [2.24, 2.45) is 0 Å². The summed E-state index contributed by atoms with van der Waals surface area (Å²) in [5, 5.41) is 0. The molecule has 1 fully saturated rings. The van der Waals surface area contributed by atoms with Crippen molar-refractivity contribution < 1.29 is 32.2 Å². The summed E-state index contributed by atoms with van der Waals surface area (Å²) in [5.41, 5.74) is 0.520. The maximum absolute atomic E-state index is 12.5. The molecule has 3 rings (SSSR count). The molecule has 2 aromatic carbocycles. The van der Waals surface area contributed by atoms with Gasteiger partial charge in [-0.3, -0.25) is 4.72 Å². The molecule has 0 spiro atoms. The molecule has 0 aromatic heterocycles. The van der Waals surface area contributed by atoms with Crippen LogP contribution in [0.4, 0.5) is 5.69 Å². The lowest BCUT2D eigenvalue weighted by atomic mass is 10.2. The van der Waals surface area contributed by atoms with E-state index in [0.717, 1.165) is 0 Å². The Morgan fingerprint density at radius 1 is 1.14 bits per heavy atom. The van der Waals surface area contributed by atoms with Crippen LogP contribution in [0.3, 0.4) is 0 Å². The van der Waals surface area contributed by atoms with Crippen molar-refractivity contribution in [3.05, 3.63) is 54.1 Å². The Kier molecular flexibility index (Phi) is 5.84. The van der Waals surface area contributed by atoms with Gasteiger partial charge >= 0.3 is 11.9 Å². The van der Waals surface area contributed by atoms with Crippen LogP contribution in [0.25, 0.3) is 0 Å². The minimum Gasteiger partial charge on any atom is -0.494 e. The summed E-state index contributed by atoms with van der Waals surface area (Å²) in [7, 11) is -3.83. The third-order valence-electron chi connectivity index (χ3n) is 3.95. The summed E-state index contributed by atoms with van der Waals surface area (Å²) in [6, 6.07) is 11.7. The minimum absolute atomic E-state index is 0.0155. The van der Waals surface area contributed by atoms with E-state index in [-0.39, 0.29) is 17.1 Å². The summed E-state index contributed by atoms with van der Waals surface area (Å²) in [6.45, 7) is 2.59. The number of hydrogen-bond donors (Lipinski definition) is 1. The van der Waals surface area contributed by atoms with Crippen LogP contribution in [-0.2, 0) is 24.3 Å². The molecule has 0 amide bonds. The van der Waals surface area contributed by atoms with Gasteiger partial charge in [0.1, 0.15) is 5.75 Å². The third kappa shape index (κ3) is 4.61. The maximum Gasteiger partial charge on any atom is 0.347 e. The van der Waals surface area contributed by atoms with Gasteiger partial charge < -0.3 is 14.2 Å². The van der Waals surface area contributed by atoms with Crippen LogP contribution >= 0.6 is 0 Å². The fourth-order valence-electron chi connectivity index (χ4n) is 2.55. The topological polar surface area (TPSA) is 108 Å². The average molecular weight is 405 g/mol. The second kappa shape index (κ2) is 8.30. The number of carbonyl (C=O) groups excluding carboxylic acids is 2. The Morgan fingerprint density at radius 2 is 1.82 bits per heavy atom. The van der Waals surface area contributed by atoms with Crippen LogP contribution in [0.5, 0.6) is 5.75 Å². The van der Waals surface area contributed by atoms with Crippen molar-refractivity contribution in [2.75, 3.05) is 17.9 Å². The van der Waals surface area contributed by atoms with E-state index >= 15 is 0 Å². The number of cyclic esters (lactones) is 1. The Balaban J connectivity index is 1.67. The largest absolute Gasteiger partial charge is 0.494 e. The molecule has 1 atom stereocenters. The van der Waals surface area contributed by atoms with Gasteiger partial charge in [-0.05, 0) is 55.5 Å². The lowest BCUT2D eigenvalue weighted by molar-refractivity contribution is -0.145. The highest BCUT2D eigenvalue weighted by Gasteiger charge is 2.30. The average Bonchev–Trinajstić information content (AvgIpc) is 3.08. The van der Waals surface area contributed by atoms with Crippen molar-refractivity contribution in [3.63, 3.8) is 0 Å². The molecule has 8 nitrogen and oxygen atoms in total. The first kappa shape index (κ1) is 19.7. The monoisotopic (exact) mass is 405 g/mol. The Morgan fingerprint density at radius 3 is 2.39 bits per heavy atom. The van der Waals surface area contributed by atoms with E-state index in [1.807, 2.05) is 6.92 Å². The molecule has 1 heterocycles. The van der Waals surface area contributed by atoms with Crippen molar-refractivity contribution in [3.8, 4) is 5.75 Å². The Labute approximate surface area is 162 Å². The molecule has 1 aliphatic heterocycles. The van der Waals surface area contributed by atoms with Crippen LogP contribution < -0.4 is 9.46 Å². The van der Waals surface area contributed by atoms with Gasteiger partial charge in [-0.2, -0.15) is 0 Å². The van der Waals surface area contributed by atoms with Gasteiger partial charge in [0.2, 0.25) is 6.10 Å². The molecule has 1 saturated heterocycles. The van der Waals surface area contributed by atoms with Gasteiger partial charge in [0, 0.05) is 12.1 Å². The predicted octanol–water partition coefficient (Wildman–Crippen LogP) is 2.36. The molecule has 2 aromatic rings. The highest BCUT2D eigenvalue weighted by molar-refractivity contribution is 7.92. The van der Waals surface area contributed by atoms with E-state index < -0.39 is 28.1 Å². The number of sulfonamides is 1. The SMILES string of the molecule is CCOc1ccc(NS(=O)(=O)c2ccc(C(=O)O[C@@H]3CCOC3=O)cc2)cc1. The fourth-order valence-corrected chi connectivity index (χ4v) is 3.61. The molecule has 0 saturated carbocycles. The van der Waals surface area contributed by atoms with Crippen LogP contribution in [0.1, 0.15) is 23.7 Å². The quantitative estimate of drug-likeness (QED) is 0.705. The normalized spacial score (nSPS) is 16.3. The highest BCUT2D eigenvalue weighted by Crippen LogP contribution is 2.20. The molecular formula is C19H19NO7S. The molecule has 0 radical (unpaired) electrons. The number of rotatable bonds is 7. The van der Waals surface area contributed by atoms with Crippen LogP contribution in [0.15, 0.2) is 53.4 Å². The number of anilines is 1. The van der Waals surface area contributed by atoms with E-state index in [1.165, 1.54) is 24.3 Å². The standard InChI is InChI=1S/C19H19NO7S/c1-2-25-15-7-5-14(6-8-15)20-28(23,24)16-9-3-13(4-10-16)18(21)27-17-11-12-26-19(17)22/h3-10,17,20H,2,11-12H2,1H3/t17-/m1/s1. The first-order chi connectivity index (χ1) is 13.4. The number of esters is 2. The van der Waals surface area contributed by atoms with Crippen LogP contribution in [-0.4, -0.2) is 39.7 Å². The van der Waals surface area contributed by atoms with Gasteiger partial charge in [0.25, 0.3) is 10.0 Å². The maximum atomic E-state index is 12.5. The lowest BCUT2D eigenvalue weighted by Crippen LogP contribution is -2.22. The number of hydrogen-bond acceptors (Lipinski definition) is 7. The van der Waals surface area contributed by atoms with Crippen LogP contribution in [0, 0.1) is 0 Å². The third-order valence-corrected chi connectivity index (χ3v) is 5.35. The van der Waals surface area contributed by atoms with Gasteiger partial charge in [-0.1, -0.05) is 0 Å². The van der Waals surface area contributed by atoms with E-state index in [9.17, 15) is 18.0 Å². The number of carbonyl (C=O) groups is 2. The van der Waals surface area contributed by atoms with Gasteiger partial charge in [-0.25, -0.2) is 18.0 Å². The number of benzene rings is 2. The molecule has 1 N–H and O–H groups in total. The van der Waals surface area contributed by atoms with E-state index in [2.05, 4.69) is 4.72 Å². The minimum atomic E-state index is -3.83. The zero-order chi connectivity index (χ0) is 20.1. The van der Waals surface area contributed by atoms with Crippen molar-refractivity contribution in [1.29, 1.82) is 0 Å². The van der Waals surface area contributed by atoms with Crippen LogP contribution in [0.2, 0.25) is 0 Å². The summed E-state index contributed by atoms with van der Waals surface area (Å²) in [4.78, 5) is 23.4. The van der Waals surface area contributed by atoms with Gasteiger partial charge in [-0.15, -0.1) is 0 Å². The lowest BCUT2D eigenvalue weighted by Gasteiger charge is -2.11. The Bertz CT molecular complexity index is 953. The smallest absolute Gasteiger partial charge is 0.347 e. The molecule has 1 aliphatic rings. The van der Waals surface area contributed by atoms with Crippen molar-refractivity contribution in [2.45, 2.75) is 24.3 Å². The molecule has 0 aliphatic carbocycles. The van der Waals surface area contributed by atoms with Gasteiger partial charge in [0.15, 0.2) is 0 Å². The van der Waals surface area contributed by atoms with Crippen molar-refractivity contribution >= 4 is 27.6 Å². The number of ether oxygens (including phenoxy) is 3. The number of nitrogens with one attached hydrogen (secondary N) is 1.